The fourth-order valence-electron chi connectivity index (χ4n) is 5.16. The summed E-state index contributed by atoms with van der Waals surface area (Å²) in [6.07, 6.45) is 3.99. The third kappa shape index (κ3) is 4.58. The number of rotatable bonds is 4. The van der Waals surface area contributed by atoms with Crippen molar-refractivity contribution < 1.29 is 4.79 Å². The summed E-state index contributed by atoms with van der Waals surface area (Å²) in [6.45, 7) is 6.77. The maximum absolute atomic E-state index is 13.3. The minimum Gasteiger partial charge on any atom is -0.341 e. The molecule has 0 radical (unpaired) electrons. The highest BCUT2D eigenvalue weighted by atomic mass is 35.5. The highest BCUT2D eigenvalue weighted by molar-refractivity contribution is 6.34. The number of aryl methyl sites for hydroxylation is 2. The van der Waals surface area contributed by atoms with Gasteiger partial charge < -0.3 is 15.1 Å². The predicted molar refractivity (Wildman–Crippen MR) is 142 cm³/mol. The van der Waals surface area contributed by atoms with Crippen molar-refractivity contribution in [3.8, 4) is 0 Å². The van der Waals surface area contributed by atoms with Gasteiger partial charge in [-0.05, 0) is 87.6 Å². The van der Waals surface area contributed by atoms with Crippen molar-refractivity contribution in [2.45, 2.75) is 32.6 Å². The average molecular weight is 491 g/mol. The molecule has 3 heterocycles. The minimum absolute atomic E-state index is 0.154. The van der Waals surface area contributed by atoms with E-state index in [0.29, 0.717) is 34.9 Å². The van der Waals surface area contributed by atoms with Gasteiger partial charge in [-0.3, -0.25) is 9.69 Å². The lowest BCUT2D eigenvalue weighted by atomic mass is 9.87. The van der Waals surface area contributed by atoms with E-state index in [1.165, 1.54) is 24.0 Å². The molecule has 8 heteroatoms. The van der Waals surface area contributed by atoms with Crippen molar-refractivity contribution in [3.05, 3.63) is 69.9 Å². The Morgan fingerprint density at radius 1 is 1.06 bits per heavy atom. The van der Waals surface area contributed by atoms with E-state index < -0.39 is 0 Å². The van der Waals surface area contributed by atoms with E-state index in [1.54, 1.807) is 17.2 Å². The number of nitrogens with zero attached hydrogens (tertiary/aromatic N) is 5. The van der Waals surface area contributed by atoms with E-state index in [4.69, 9.17) is 11.6 Å². The van der Waals surface area contributed by atoms with Gasteiger partial charge in [0, 0.05) is 18.9 Å². The first-order chi connectivity index (χ1) is 16.8. The predicted octanol–water partition coefficient (Wildman–Crippen LogP) is 5.35. The summed E-state index contributed by atoms with van der Waals surface area (Å²) in [7, 11) is 4.11. The maximum Gasteiger partial charge on any atom is 0.265 e. The highest BCUT2D eigenvalue weighted by Crippen LogP contribution is 2.35. The van der Waals surface area contributed by atoms with Crippen LogP contribution in [0.3, 0.4) is 0 Å². The van der Waals surface area contributed by atoms with Gasteiger partial charge in [0.25, 0.3) is 5.91 Å². The average Bonchev–Trinajstić information content (AvgIpc) is 2.83. The van der Waals surface area contributed by atoms with Crippen LogP contribution in [0.4, 0.5) is 23.1 Å². The number of hydrogen-bond acceptors (Lipinski definition) is 6. The molecule has 0 saturated carbocycles. The van der Waals surface area contributed by atoms with E-state index >= 15 is 0 Å². The van der Waals surface area contributed by atoms with Crippen molar-refractivity contribution in [2.24, 2.45) is 0 Å². The van der Waals surface area contributed by atoms with Crippen LogP contribution in [-0.2, 0) is 0 Å². The molecule has 35 heavy (non-hydrogen) atoms. The van der Waals surface area contributed by atoms with Gasteiger partial charge in [0.05, 0.1) is 17.4 Å². The van der Waals surface area contributed by atoms with Crippen LogP contribution in [0, 0.1) is 13.8 Å². The monoisotopic (exact) mass is 490 g/mol. The molecule has 0 bridgehead atoms. The summed E-state index contributed by atoms with van der Waals surface area (Å²) in [5.74, 6) is 1.54. The second-order valence-corrected chi connectivity index (χ2v) is 10.1. The second-order valence-electron chi connectivity index (χ2n) is 9.68. The van der Waals surface area contributed by atoms with Crippen molar-refractivity contribution in [2.75, 3.05) is 49.0 Å². The van der Waals surface area contributed by atoms with Gasteiger partial charge in [-0.15, -0.1) is 0 Å². The molecule has 182 valence electrons. The minimum atomic E-state index is -0.154. The number of anilines is 4. The van der Waals surface area contributed by atoms with E-state index in [2.05, 4.69) is 52.4 Å². The third-order valence-electron chi connectivity index (χ3n) is 7.10. The fourth-order valence-corrected chi connectivity index (χ4v) is 5.48. The number of likely N-dealkylation sites (tertiary alicyclic amines) is 1. The lowest BCUT2D eigenvalue weighted by Gasteiger charge is -2.35. The quantitative estimate of drug-likeness (QED) is 0.531. The zero-order valence-electron chi connectivity index (χ0n) is 20.7. The van der Waals surface area contributed by atoms with Gasteiger partial charge in [-0.1, -0.05) is 29.8 Å². The van der Waals surface area contributed by atoms with Crippen LogP contribution in [-0.4, -0.2) is 54.6 Å². The standard InChI is InChI=1S/C27H31ClN6O/c1-17-6-5-7-23(28)24(17)34-16-33(4)25-22(26(34)35)15-29-27(31-25)30-20-8-9-21(18(2)14-20)19-10-12-32(3)13-11-19/h5-9,14-15,19H,10-13,16H2,1-4H3,(H,29,30,31). The van der Waals surface area contributed by atoms with Crippen LogP contribution in [0.1, 0.15) is 45.8 Å². The van der Waals surface area contributed by atoms with Gasteiger partial charge in [0.1, 0.15) is 11.4 Å². The molecule has 2 aliphatic rings. The van der Waals surface area contributed by atoms with Crippen molar-refractivity contribution in [3.63, 3.8) is 0 Å². The Hall–Kier alpha value is -3.16. The Balaban J connectivity index is 1.36. The van der Waals surface area contributed by atoms with Crippen LogP contribution in [0.5, 0.6) is 0 Å². The Bertz CT molecular complexity index is 1250. The Morgan fingerprint density at radius 3 is 2.54 bits per heavy atom. The number of hydrogen-bond donors (Lipinski definition) is 1. The van der Waals surface area contributed by atoms with Gasteiger partial charge in [0.15, 0.2) is 0 Å². The number of benzene rings is 2. The number of nitrogens with one attached hydrogen (secondary N) is 1. The zero-order chi connectivity index (χ0) is 24.7. The van der Waals surface area contributed by atoms with Crippen molar-refractivity contribution in [1.82, 2.24) is 14.9 Å². The summed E-state index contributed by atoms with van der Waals surface area (Å²) in [6, 6.07) is 12.1. The SMILES string of the molecule is Cc1cc(Nc2ncc3c(n2)N(C)CN(c2c(C)cccc2Cl)C3=O)ccc1C1CCN(C)CC1. The third-order valence-corrected chi connectivity index (χ3v) is 7.41. The Kier molecular flexibility index (Phi) is 6.38. The molecule has 5 rings (SSSR count). The summed E-state index contributed by atoms with van der Waals surface area (Å²) < 4.78 is 0. The molecule has 7 nitrogen and oxygen atoms in total. The maximum atomic E-state index is 13.3. The molecule has 3 aromatic rings. The number of para-hydroxylation sites is 1. The molecule has 0 unspecified atom stereocenters. The van der Waals surface area contributed by atoms with Crippen molar-refractivity contribution in [1.29, 1.82) is 0 Å². The largest absolute Gasteiger partial charge is 0.341 e. The lowest BCUT2D eigenvalue weighted by molar-refractivity contribution is 0.0982. The van der Waals surface area contributed by atoms with Crippen LogP contribution in [0.15, 0.2) is 42.6 Å². The molecule has 2 aromatic carbocycles. The zero-order valence-corrected chi connectivity index (χ0v) is 21.4. The normalized spacial score (nSPS) is 17.0. The number of fused-ring (bicyclic) bond motifs is 1. The number of piperidine rings is 1. The number of carbonyl (C=O) groups is 1. The highest BCUT2D eigenvalue weighted by Gasteiger charge is 2.32. The molecular weight excluding hydrogens is 460 g/mol. The smallest absolute Gasteiger partial charge is 0.265 e. The second kappa shape index (κ2) is 9.47. The van der Waals surface area contributed by atoms with Crippen LogP contribution in [0.2, 0.25) is 5.02 Å². The fraction of sp³-hybridized carbons (Fsp3) is 0.370. The number of aromatic nitrogens is 2. The molecular formula is C27H31ClN6O. The summed E-state index contributed by atoms with van der Waals surface area (Å²) in [4.78, 5) is 28.5. The molecule has 1 N–H and O–H groups in total. The molecule has 1 fully saturated rings. The molecule has 0 spiro atoms. The lowest BCUT2D eigenvalue weighted by Crippen LogP contribution is -2.46. The van der Waals surface area contributed by atoms with Gasteiger partial charge >= 0.3 is 0 Å². The van der Waals surface area contributed by atoms with Crippen LogP contribution in [0.25, 0.3) is 0 Å². The molecule has 2 aliphatic heterocycles. The first-order valence-electron chi connectivity index (χ1n) is 12.0. The van der Waals surface area contributed by atoms with Gasteiger partial charge in [-0.2, -0.15) is 4.98 Å². The molecule has 1 aromatic heterocycles. The van der Waals surface area contributed by atoms with Crippen LogP contribution >= 0.6 is 11.6 Å². The topological polar surface area (TPSA) is 64.6 Å². The Morgan fingerprint density at radius 2 is 1.83 bits per heavy atom. The summed E-state index contributed by atoms with van der Waals surface area (Å²) in [5.41, 5.74) is 5.77. The summed E-state index contributed by atoms with van der Waals surface area (Å²) >= 11 is 6.44. The summed E-state index contributed by atoms with van der Waals surface area (Å²) in [5, 5.41) is 3.87. The molecule has 0 aliphatic carbocycles. The molecule has 0 atom stereocenters. The van der Waals surface area contributed by atoms with Crippen molar-refractivity contribution >= 4 is 40.6 Å². The Labute approximate surface area is 211 Å². The van der Waals surface area contributed by atoms with Gasteiger partial charge in [-0.25, -0.2) is 4.98 Å². The van der Waals surface area contributed by atoms with E-state index in [9.17, 15) is 4.79 Å². The number of halogens is 1. The van der Waals surface area contributed by atoms with Gasteiger partial charge in [0.2, 0.25) is 5.95 Å². The van der Waals surface area contributed by atoms with Crippen LogP contribution < -0.4 is 15.1 Å². The molecule has 1 saturated heterocycles. The van der Waals surface area contributed by atoms with E-state index in [1.807, 2.05) is 31.0 Å². The first-order valence-corrected chi connectivity index (χ1v) is 12.4. The number of amides is 1. The molecule has 1 amide bonds. The van der Waals surface area contributed by atoms with E-state index in [-0.39, 0.29) is 5.91 Å². The first kappa shape index (κ1) is 23.6. The van der Waals surface area contributed by atoms with E-state index in [0.717, 1.165) is 30.0 Å². The number of carbonyl (C=O) groups excluding carboxylic acids is 1.